The van der Waals surface area contributed by atoms with Crippen molar-refractivity contribution in [1.82, 2.24) is 9.55 Å². The van der Waals surface area contributed by atoms with Crippen LogP contribution in [0.3, 0.4) is 0 Å². The maximum absolute atomic E-state index is 11.9. The second kappa shape index (κ2) is 6.02. The SMILES string of the molecule is CC(=O)OCCCCN1CN(C)c2c1n(C)c(=O)[nH]c2=O. The molecule has 0 radical (unpaired) electrons. The quantitative estimate of drug-likeness (QED) is 0.589. The number of hydrogen-bond acceptors (Lipinski definition) is 6. The van der Waals surface area contributed by atoms with Crippen molar-refractivity contribution in [3.05, 3.63) is 20.8 Å². The standard InChI is InChI=1S/C13H20N4O4/c1-9(18)21-7-5-4-6-17-8-15(2)10-11(19)14-13(20)16(3)12(10)17/h4-8H2,1-3H3,(H,14,19,20). The van der Waals surface area contributed by atoms with Gasteiger partial charge in [-0.3, -0.25) is 19.1 Å². The van der Waals surface area contributed by atoms with Gasteiger partial charge >= 0.3 is 11.7 Å². The molecule has 0 amide bonds. The molecule has 0 saturated carbocycles. The first-order valence-corrected chi connectivity index (χ1v) is 6.84. The van der Waals surface area contributed by atoms with Gasteiger partial charge in [0.05, 0.1) is 13.3 Å². The molecule has 1 aromatic heterocycles. The van der Waals surface area contributed by atoms with E-state index in [1.807, 2.05) is 16.8 Å². The molecule has 0 aliphatic carbocycles. The highest BCUT2D eigenvalue weighted by Gasteiger charge is 2.28. The van der Waals surface area contributed by atoms with Gasteiger partial charge in [-0.05, 0) is 12.8 Å². The van der Waals surface area contributed by atoms with Crippen molar-refractivity contribution in [3.8, 4) is 0 Å². The van der Waals surface area contributed by atoms with E-state index in [9.17, 15) is 14.4 Å². The Bertz CT molecular complexity index is 649. The summed E-state index contributed by atoms with van der Waals surface area (Å²) in [6.07, 6.45) is 1.55. The largest absolute Gasteiger partial charge is 0.466 e. The molecule has 0 fully saturated rings. The van der Waals surface area contributed by atoms with Gasteiger partial charge < -0.3 is 14.5 Å². The zero-order valence-electron chi connectivity index (χ0n) is 12.5. The molecular formula is C13H20N4O4. The Morgan fingerprint density at radius 2 is 2.00 bits per heavy atom. The molecular weight excluding hydrogens is 276 g/mol. The predicted octanol–water partition coefficient (Wildman–Crippen LogP) is -0.369. The van der Waals surface area contributed by atoms with Crippen LogP contribution in [0.2, 0.25) is 0 Å². The number of carbonyl (C=O) groups is 1. The minimum atomic E-state index is -0.418. The van der Waals surface area contributed by atoms with E-state index in [-0.39, 0.29) is 11.5 Å². The average molecular weight is 296 g/mol. The molecule has 0 spiro atoms. The summed E-state index contributed by atoms with van der Waals surface area (Å²) in [6, 6.07) is 0. The Morgan fingerprint density at radius 3 is 2.67 bits per heavy atom. The molecule has 1 N–H and O–H groups in total. The number of rotatable bonds is 5. The van der Waals surface area contributed by atoms with E-state index in [2.05, 4.69) is 4.98 Å². The molecule has 0 aromatic carbocycles. The number of aromatic nitrogens is 2. The van der Waals surface area contributed by atoms with Gasteiger partial charge in [0, 0.05) is 27.6 Å². The maximum atomic E-state index is 11.9. The van der Waals surface area contributed by atoms with Crippen molar-refractivity contribution in [1.29, 1.82) is 0 Å². The van der Waals surface area contributed by atoms with E-state index in [1.54, 1.807) is 7.05 Å². The van der Waals surface area contributed by atoms with Crippen molar-refractivity contribution in [2.45, 2.75) is 19.8 Å². The van der Waals surface area contributed by atoms with Crippen LogP contribution in [0.4, 0.5) is 11.5 Å². The van der Waals surface area contributed by atoms with Gasteiger partial charge in [0.15, 0.2) is 0 Å². The van der Waals surface area contributed by atoms with Crippen LogP contribution in [0, 0.1) is 0 Å². The molecule has 0 atom stereocenters. The highest BCUT2D eigenvalue weighted by molar-refractivity contribution is 5.71. The van der Waals surface area contributed by atoms with E-state index in [1.165, 1.54) is 11.5 Å². The number of nitrogens with one attached hydrogen (secondary N) is 1. The van der Waals surface area contributed by atoms with Crippen LogP contribution in [0.1, 0.15) is 19.8 Å². The summed E-state index contributed by atoms with van der Waals surface area (Å²) < 4.78 is 6.33. The Balaban J connectivity index is 2.08. The molecule has 8 nitrogen and oxygen atoms in total. The van der Waals surface area contributed by atoms with Gasteiger partial charge in [0.1, 0.15) is 11.5 Å². The second-order valence-electron chi connectivity index (χ2n) is 5.14. The van der Waals surface area contributed by atoms with Crippen LogP contribution in [-0.2, 0) is 16.6 Å². The number of esters is 1. The summed E-state index contributed by atoms with van der Waals surface area (Å²) in [4.78, 5) is 40.4. The summed E-state index contributed by atoms with van der Waals surface area (Å²) in [5, 5.41) is 0. The van der Waals surface area contributed by atoms with Gasteiger partial charge in [0.25, 0.3) is 5.56 Å². The molecule has 0 bridgehead atoms. The second-order valence-corrected chi connectivity index (χ2v) is 5.14. The normalized spacial score (nSPS) is 13.5. The van der Waals surface area contributed by atoms with E-state index >= 15 is 0 Å². The topological polar surface area (TPSA) is 87.6 Å². The molecule has 0 unspecified atom stereocenters. The van der Waals surface area contributed by atoms with Crippen molar-refractivity contribution < 1.29 is 9.53 Å². The fourth-order valence-electron chi connectivity index (χ4n) is 2.49. The third-order valence-corrected chi connectivity index (χ3v) is 3.46. The van der Waals surface area contributed by atoms with Gasteiger partial charge in [-0.25, -0.2) is 4.79 Å². The number of H-pyrrole nitrogens is 1. The highest BCUT2D eigenvalue weighted by atomic mass is 16.5. The van der Waals surface area contributed by atoms with Crippen LogP contribution in [0.25, 0.3) is 0 Å². The molecule has 1 aliphatic heterocycles. The molecule has 2 rings (SSSR count). The molecule has 1 aromatic rings. The van der Waals surface area contributed by atoms with Crippen LogP contribution < -0.4 is 21.0 Å². The number of fused-ring (bicyclic) bond motifs is 1. The molecule has 116 valence electrons. The number of nitrogens with zero attached hydrogens (tertiary/aromatic N) is 3. The third kappa shape index (κ3) is 3.09. The van der Waals surface area contributed by atoms with Crippen LogP contribution in [0.15, 0.2) is 9.59 Å². The van der Waals surface area contributed by atoms with E-state index in [0.29, 0.717) is 31.3 Å². The van der Waals surface area contributed by atoms with E-state index in [4.69, 9.17) is 4.74 Å². The fraction of sp³-hybridized carbons (Fsp3) is 0.615. The van der Waals surface area contributed by atoms with Crippen LogP contribution in [-0.4, -0.2) is 42.4 Å². The van der Waals surface area contributed by atoms with Gasteiger partial charge in [0.2, 0.25) is 0 Å². The van der Waals surface area contributed by atoms with E-state index < -0.39 is 5.69 Å². The van der Waals surface area contributed by atoms with Crippen molar-refractivity contribution in [2.24, 2.45) is 7.05 Å². The predicted molar refractivity (Wildman–Crippen MR) is 78.8 cm³/mol. The molecule has 2 heterocycles. The lowest BCUT2D eigenvalue weighted by atomic mass is 10.3. The number of aromatic amines is 1. The van der Waals surface area contributed by atoms with Gasteiger partial charge in [-0.1, -0.05) is 0 Å². The van der Waals surface area contributed by atoms with Crippen LogP contribution >= 0.6 is 0 Å². The third-order valence-electron chi connectivity index (χ3n) is 3.46. The first-order valence-electron chi connectivity index (χ1n) is 6.84. The van der Waals surface area contributed by atoms with Gasteiger partial charge in [-0.2, -0.15) is 0 Å². The molecule has 0 saturated heterocycles. The molecule has 21 heavy (non-hydrogen) atoms. The zero-order valence-corrected chi connectivity index (χ0v) is 12.5. The monoisotopic (exact) mass is 296 g/mol. The number of carbonyl (C=O) groups excluding carboxylic acids is 1. The fourth-order valence-corrected chi connectivity index (χ4v) is 2.49. The van der Waals surface area contributed by atoms with Crippen molar-refractivity contribution >= 4 is 17.5 Å². The summed E-state index contributed by atoms with van der Waals surface area (Å²) in [7, 11) is 3.46. The Morgan fingerprint density at radius 1 is 1.29 bits per heavy atom. The molecule has 8 heteroatoms. The average Bonchev–Trinajstić information content (AvgIpc) is 2.73. The summed E-state index contributed by atoms with van der Waals surface area (Å²) in [5.41, 5.74) is -0.269. The number of hydrogen-bond donors (Lipinski definition) is 1. The summed E-state index contributed by atoms with van der Waals surface area (Å²) >= 11 is 0. The molecule has 1 aliphatic rings. The Hall–Kier alpha value is -2.25. The lowest BCUT2D eigenvalue weighted by Gasteiger charge is -2.20. The van der Waals surface area contributed by atoms with Crippen LogP contribution in [0.5, 0.6) is 0 Å². The van der Waals surface area contributed by atoms with Crippen molar-refractivity contribution in [2.75, 3.05) is 36.7 Å². The van der Waals surface area contributed by atoms with E-state index in [0.717, 1.165) is 12.8 Å². The van der Waals surface area contributed by atoms with Crippen molar-refractivity contribution in [3.63, 3.8) is 0 Å². The Labute approximate surface area is 121 Å². The minimum absolute atomic E-state index is 0.282. The lowest BCUT2D eigenvalue weighted by molar-refractivity contribution is -0.141. The lowest BCUT2D eigenvalue weighted by Crippen LogP contribution is -2.32. The first-order chi connectivity index (χ1) is 9.91. The van der Waals surface area contributed by atoms with Gasteiger partial charge in [-0.15, -0.1) is 0 Å². The number of unbranched alkanes of at least 4 members (excludes halogenated alkanes) is 1. The maximum Gasteiger partial charge on any atom is 0.329 e. The zero-order chi connectivity index (χ0) is 15.6. The minimum Gasteiger partial charge on any atom is -0.466 e. The summed E-state index contributed by atoms with van der Waals surface area (Å²) in [6.45, 7) is 3.02. The number of ether oxygens (including phenoxy) is 1. The highest BCUT2D eigenvalue weighted by Crippen LogP contribution is 2.29. The smallest absolute Gasteiger partial charge is 0.329 e. The first kappa shape index (κ1) is 15.1. The summed E-state index contributed by atoms with van der Waals surface area (Å²) in [5.74, 6) is 0.355. The Kier molecular flexibility index (Phi) is 4.35. The number of anilines is 2.